The molecule has 138 valence electrons. The van der Waals surface area contributed by atoms with E-state index in [0.29, 0.717) is 5.56 Å². The zero-order chi connectivity index (χ0) is 19.4. The van der Waals surface area contributed by atoms with Gasteiger partial charge in [-0.25, -0.2) is 17.6 Å². The van der Waals surface area contributed by atoms with Gasteiger partial charge in [-0.3, -0.25) is 4.31 Å². The van der Waals surface area contributed by atoms with Crippen LogP contribution in [0, 0.1) is 5.82 Å². The van der Waals surface area contributed by atoms with Crippen molar-refractivity contribution in [3.05, 3.63) is 95.8 Å². The van der Waals surface area contributed by atoms with E-state index in [1.807, 2.05) is 0 Å². The molecule has 0 aromatic heterocycles. The summed E-state index contributed by atoms with van der Waals surface area (Å²) in [6.07, 6.45) is 0. The lowest BCUT2D eigenvalue weighted by Crippen LogP contribution is -2.32. The summed E-state index contributed by atoms with van der Waals surface area (Å²) in [6.45, 7) is -0.137. The summed E-state index contributed by atoms with van der Waals surface area (Å²) in [5.41, 5.74) is 0.424. The van der Waals surface area contributed by atoms with Crippen LogP contribution in [0.15, 0.2) is 83.8 Å². The second kappa shape index (κ2) is 7.59. The van der Waals surface area contributed by atoms with Crippen LogP contribution in [0.1, 0.15) is 15.9 Å². The minimum absolute atomic E-state index is 0.0345. The molecule has 27 heavy (non-hydrogen) atoms. The van der Waals surface area contributed by atoms with Crippen LogP contribution in [0.5, 0.6) is 0 Å². The number of carbonyl (C=O) groups is 1. The quantitative estimate of drug-likeness (QED) is 0.698. The van der Waals surface area contributed by atoms with Gasteiger partial charge in [0.2, 0.25) is 0 Å². The van der Waals surface area contributed by atoms with Crippen molar-refractivity contribution >= 4 is 21.7 Å². The van der Waals surface area contributed by atoms with Crippen molar-refractivity contribution in [2.45, 2.75) is 11.4 Å². The van der Waals surface area contributed by atoms with Crippen LogP contribution >= 0.6 is 0 Å². The Balaban J connectivity index is 2.15. The Bertz CT molecular complexity index is 1050. The van der Waals surface area contributed by atoms with Crippen molar-refractivity contribution in [2.24, 2.45) is 0 Å². The molecule has 5 nitrogen and oxygen atoms in total. The number of hydrogen-bond donors (Lipinski definition) is 1. The zero-order valence-corrected chi connectivity index (χ0v) is 14.9. The summed E-state index contributed by atoms with van der Waals surface area (Å²) in [6, 6.07) is 19.0. The molecule has 3 rings (SSSR count). The molecule has 0 spiro atoms. The van der Waals surface area contributed by atoms with Gasteiger partial charge in [-0.1, -0.05) is 42.5 Å². The minimum atomic E-state index is -4.04. The topological polar surface area (TPSA) is 74.7 Å². The minimum Gasteiger partial charge on any atom is -0.478 e. The van der Waals surface area contributed by atoms with E-state index in [9.17, 15) is 22.7 Å². The lowest BCUT2D eigenvalue weighted by Gasteiger charge is -2.26. The third-order valence-corrected chi connectivity index (χ3v) is 5.75. The molecule has 3 aromatic carbocycles. The van der Waals surface area contributed by atoms with Crippen LogP contribution in [0.4, 0.5) is 10.1 Å². The largest absolute Gasteiger partial charge is 0.478 e. The fourth-order valence-electron chi connectivity index (χ4n) is 2.65. The first kappa shape index (κ1) is 18.6. The lowest BCUT2D eigenvalue weighted by molar-refractivity contribution is 0.0697. The van der Waals surface area contributed by atoms with Crippen LogP contribution in [0.2, 0.25) is 0 Å². The van der Waals surface area contributed by atoms with E-state index >= 15 is 0 Å². The van der Waals surface area contributed by atoms with Crippen LogP contribution < -0.4 is 4.31 Å². The number of sulfonamides is 1. The predicted octanol–water partition coefficient (Wildman–Crippen LogP) is 3.92. The first-order valence-corrected chi connectivity index (χ1v) is 9.48. The number of para-hydroxylation sites is 1. The molecule has 3 aromatic rings. The Kier molecular flexibility index (Phi) is 5.23. The van der Waals surface area contributed by atoms with Gasteiger partial charge >= 0.3 is 5.97 Å². The van der Waals surface area contributed by atoms with Gasteiger partial charge in [0.05, 0.1) is 22.7 Å². The summed E-state index contributed by atoms with van der Waals surface area (Å²) in [5.74, 6) is -1.68. The maximum atomic E-state index is 13.2. The first-order chi connectivity index (χ1) is 12.9. The van der Waals surface area contributed by atoms with Crippen molar-refractivity contribution in [2.75, 3.05) is 4.31 Å². The average molecular weight is 385 g/mol. The summed E-state index contributed by atoms with van der Waals surface area (Å²) in [7, 11) is -4.04. The van der Waals surface area contributed by atoms with E-state index in [1.165, 1.54) is 54.6 Å². The maximum Gasteiger partial charge on any atom is 0.337 e. The molecule has 0 radical (unpaired) electrons. The summed E-state index contributed by atoms with van der Waals surface area (Å²) in [4.78, 5) is 11.7. The van der Waals surface area contributed by atoms with Crippen molar-refractivity contribution in [3.63, 3.8) is 0 Å². The number of nitrogens with zero attached hydrogens (tertiary/aromatic N) is 1. The molecule has 0 amide bonds. The van der Waals surface area contributed by atoms with Crippen molar-refractivity contribution < 1.29 is 22.7 Å². The molecule has 7 heteroatoms. The predicted molar refractivity (Wildman–Crippen MR) is 99.6 cm³/mol. The second-order valence-electron chi connectivity index (χ2n) is 5.77. The van der Waals surface area contributed by atoms with E-state index in [4.69, 9.17) is 0 Å². The summed E-state index contributed by atoms with van der Waals surface area (Å²) < 4.78 is 40.7. The van der Waals surface area contributed by atoms with E-state index in [2.05, 4.69) is 0 Å². The molecule has 0 saturated heterocycles. The summed E-state index contributed by atoms with van der Waals surface area (Å²) in [5, 5.41) is 9.48. The number of benzene rings is 3. The molecule has 0 atom stereocenters. The lowest BCUT2D eigenvalue weighted by atomic mass is 10.1. The number of anilines is 1. The normalized spacial score (nSPS) is 11.1. The summed E-state index contributed by atoms with van der Waals surface area (Å²) >= 11 is 0. The Morgan fingerprint density at radius 1 is 0.889 bits per heavy atom. The number of rotatable bonds is 6. The highest BCUT2D eigenvalue weighted by molar-refractivity contribution is 7.92. The molecular weight excluding hydrogens is 369 g/mol. The SMILES string of the molecule is O=C(O)c1ccccc1N(Cc1ccc(F)cc1)S(=O)(=O)c1ccccc1. The number of carboxylic acids is 1. The van der Waals surface area contributed by atoms with Crippen LogP contribution in [-0.4, -0.2) is 19.5 Å². The van der Waals surface area contributed by atoms with Crippen LogP contribution in [0.3, 0.4) is 0 Å². The molecule has 0 fully saturated rings. The third-order valence-electron chi connectivity index (χ3n) is 3.97. The standard InChI is InChI=1S/C20H16FNO4S/c21-16-12-10-15(11-13-16)14-22(19-9-5-4-8-18(19)20(23)24)27(25,26)17-6-2-1-3-7-17/h1-13H,14H2,(H,23,24). The van der Waals surface area contributed by atoms with Gasteiger partial charge in [0.1, 0.15) is 5.82 Å². The molecule has 0 heterocycles. The Morgan fingerprint density at radius 3 is 2.11 bits per heavy atom. The second-order valence-corrected chi connectivity index (χ2v) is 7.64. The molecule has 0 saturated carbocycles. The van der Waals surface area contributed by atoms with E-state index in [1.54, 1.807) is 24.3 Å². The Morgan fingerprint density at radius 2 is 1.48 bits per heavy atom. The molecule has 0 bridgehead atoms. The zero-order valence-electron chi connectivity index (χ0n) is 14.1. The van der Waals surface area contributed by atoms with E-state index < -0.39 is 21.8 Å². The number of halogens is 1. The van der Waals surface area contributed by atoms with Gasteiger partial charge in [0.15, 0.2) is 0 Å². The molecule has 0 aliphatic rings. The smallest absolute Gasteiger partial charge is 0.337 e. The van der Waals surface area contributed by atoms with Gasteiger partial charge in [-0.15, -0.1) is 0 Å². The highest BCUT2D eigenvalue weighted by Crippen LogP contribution is 2.29. The van der Waals surface area contributed by atoms with Crippen molar-refractivity contribution in [1.82, 2.24) is 0 Å². The van der Waals surface area contributed by atoms with Gasteiger partial charge in [-0.2, -0.15) is 0 Å². The van der Waals surface area contributed by atoms with Gasteiger partial charge in [-0.05, 0) is 42.0 Å². The fraction of sp³-hybridized carbons (Fsp3) is 0.0500. The number of carboxylic acid groups (broad SMARTS) is 1. The molecule has 1 N–H and O–H groups in total. The monoisotopic (exact) mass is 385 g/mol. The number of hydrogen-bond acceptors (Lipinski definition) is 3. The third kappa shape index (κ3) is 3.98. The van der Waals surface area contributed by atoms with Crippen LogP contribution in [-0.2, 0) is 16.6 Å². The molecule has 0 aliphatic heterocycles. The van der Waals surface area contributed by atoms with Crippen molar-refractivity contribution in [3.8, 4) is 0 Å². The van der Waals surface area contributed by atoms with Crippen LogP contribution in [0.25, 0.3) is 0 Å². The fourth-order valence-corrected chi connectivity index (χ4v) is 4.14. The van der Waals surface area contributed by atoms with E-state index in [-0.39, 0.29) is 22.7 Å². The first-order valence-electron chi connectivity index (χ1n) is 8.04. The van der Waals surface area contributed by atoms with Gasteiger partial charge < -0.3 is 5.11 Å². The highest BCUT2D eigenvalue weighted by Gasteiger charge is 2.28. The average Bonchev–Trinajstić information content (AvgIpc) is 2.68. The van der Waals surface area contributed by atoms with Gasteiger partial charge in [0.25, 0.3) is 10.0 Å². The Labute approximate surface area is 156 Å². The molecule has 0 aliphatic carbocycles. The Hall–Kier alpha value is -3.19. The number of aromatic carboxylic acids is 1. The van der Waals surface area contributed by atoms with Crippen molar-refractivity contribution in [1.29, 1.82) is 0 Å². The van der Waals surface area contributed by atoms with E-state index in [0.717, 1.165) is 4.31 Å². The highest BCUT2D eigenvalue weighted by atomic mass is 32.2. The van der Waals surface area contributed by atoms with Gasteiger partial charge in [0, 0.05) is 0 Å². The molecular formula is C20H16FNO4S. The maximum absolute atomic E-state index is 13.2. The molecule has 0 unspecified atom stereocenters.